The number of rotatable bonds is 4. The molecule has 32 heavy (non-hydrogen) atoms. The van der Waals surface area contributed by atoms with Crippen LogP contribution in [-0.2, 0) is 0 Å². The molecule has 0 saturated heterocycles. The summed E-state index contributed by atoms with van der Waals surface area (Å²) in [6, 6.07) is 17.8. The van der Waals surface area contributed by atoms with Crippen LogP contribution in [0.4, 0.5) is 5.69 Å². The fourth-order valence-electron chi connectivity index (χ4n) is 3.69. The monoisotopic (exact) mass is 468 g/mol. The maximum atomic E-state index is 13.6. The highest BCUT2D eigenvalue weighted by Gasteiger charge is 2.30. The lowest BCUT2D eigenvalue weighted by molar-refractivity contribution is 0.478. The van der Waals surface area contributed by atoms with Gasteiger partial charge in [-0.15, -0.1) is 15.7 Å². The standard InChI is InChI=1S/C22H20N4O4S2/c1-13(14-7-3-2-4-8-14)24-26-16-11-12-31-20(16)19(27)18(22(26)28)21-23-15-9-5-6-10-17(15)32(29,30)25-21/h2-13,24,27,29-30H,1H3,(H,23,25). The second-order valence-electron chi connectivity index (χ2n) is 7.34. The average Bonchev–Trinajstić information content (AvgIpc) is 3.27. The van der Waals surface area contributed by atoms with Gasteiger partial charge in [-0.25, -0.2) is 4.68 Å². The van der Waals surface area contributed by atoms with E-state index in [-0.39, 0.29) is 28.1 Å². The molecule has 1 aliphatic rings. The summed E-state index contributed by atoms with van der Waals surface area (Å²) in [5.41, 5.74) is 4.42. The van der Waals surface area contributed by atoms with Crippen LogP contribution in [-0.4, -0.2) is 24.7 Å². The molecule has 0 amide bonds. The number of thiophene rings is 1. The number of anilines is 1. The van der Waals surface area contributed by atoms with Crippen LogP contribution in [0.2, 0.25) is 0 Å². The summed E-state index contributed by atoms with van der Waals surface area (Å²) in [4.78, 5) is 13.8. The number of pyridine rings is 1. The number of para-hydroxylation sites is 1. The molecule has 0 spiro atoms. The molecule has 1 aliphatic heterocycles. The van der Waals surface area contributed by atoms with Gasteiger partial charge in [0, 0.05) is 0 Å². The first-order valence-electron chi connectivity index (χ1n) is 9.78. The quantitative estimate of drug-likeness (QED) is 0.289. The van der Waals surface area contributed by atoms with E-state index in [0.29, 0.717) is 15.9 Å². The predicted octanol–water partition coefficient (Wildman–Crippen LogP) is 4.97. The minimum atomic E-state index is -3.54. The molecule has 0 saturated carbocycles. The molecule has 164 valence electrons. The molecule has 2 aromatic heterocycles. The highest BCUT2D eigenvalue weighted by atomic mass is 32.3. The van der Waals surface area contributed by atoms with Gasteiger partial charge in [0.25, 0.3) is 5.56 Å². The Morgan fingerprint density at radius 2 is 1.81 bits per heavy atom. The Bertz CT molecular complexity index is 1410. The van der Waals surface area contributed by atoms with E-state index in [9.17, 15) is 19.0 Å². The van der Waals surface area contributed by atoms with Gasteiger partial charge < -0.3 is 15.8 Å². The summed E-state index contributed by atoms with van der Waals surface area (Å²) in [7, 11) is -3.54. The van der Waals surface area contributed by atoms with E-state index in [1.54, 1.807) is 35.7 Å². The van der Waals surface area contributed by atoms with Gasteiger partial charge in [0.05, 0.1) is 21.9 Å². The van der Waals surface area contributed by atoms with Gasteiger partial charge in [0.15, 0.2) is 11.6 Å². The first-order chi connectivity index (χ1) is 15.4. The summed E-state index contributed by atoms with van der Waals surface area (Å²) >= 11 is 1.27. The Labute approximate surface area is 189 Å². The van der Waals surface area contributed by atoms with Crippen molar-refractivity contribution in [1.82, 2.24) is 4.68 Å². The van der Waals surface area contributed by atoms with Crippen LogP contribution in [0.15, 0.2) is 80.1 Å². The third-order valence-electron chi connectivity index (χ3n) is 5.27. The van der Waals surface area contributed by atoms with Crippen molar-refractivity contribution in [2.75, 3.05) is 10.7 Å². The van der Waals surface area contributed by atoms with Crippen LogP contribution in [0.3, 0.4) is 0 Å². The number of amidine groups is 1. The first-order valence-corrected chi connectivity index (χ1v) is 12.2. The van der Waals surface area contributed by atoms with E-state index in [0.717, 1.165) is 5.56 Å². The van der Waals surface area contributed by atoms with E-state index >= 15 is 0 Å². The first kappa shape index (κ1) is 20.6. The van der Waals surface area contributed by atoms with Crippen LogP contribution in [0.5, 0.6) is 5.75 Å². The number of aromatic nitrogens is 1. The Morgan fingerprint density at radius 3 is 2.59 bits per heavy atom. The van der Waals surface area contributed by atoms with Crippen molar-refractivity contribution in [3.05, 3.63) is 87.5 Å². The molecule has 0 fully saturated rings. The van der Waals surface area contributed by atoms with Crippen molar-refractivity contribution in [1.29, 1.82) is 0 Å². The van der Waals surface area contributed by atoms with E-state index in [1.165, 1.54) is 16.0 Å². The maximum Gasteiger partial charge on any atom is 0.284 e. The molecule has 0 radical (unpaired) electrons. The molecule has 3 heterocycles. The van der Waals surface area contributed by atoms with Crippen LogP contribution >= 0.6 is 22.1 Å². The lowest BCUT2D eigenvalue weighted by atomic mass is 10.1. The molecule has 5 rings (SSSR count). The number of nitrogens with zero attached hydrogens (tertiary/aromatic N) is 2. The van der Waals surface area contributed by atoms with Crippen molar-refractivity contribution >= 4 is 43.9 Å². The summed E-state index contributed by atoms with van der Waals surface area (Å²) in [6.45, 7) is 1.93. The van der Waals surface area contributed by atoms with Crippen molar-refractivity contribution < 1.29 is 14.2 Å². The molecule has 10 heteroatoms. The molecular weight excluding hydrogens is 448 g/mol. The second-order valence-corrected chi connectivity index (χ2v) is 9.92. The number of benzene rings is 2. The molecule has 0 bridgehead atoms. The largest absolute Gasteiger partial charge is 0.505 e. The van der Waals surface area contributed by atoms with Crippen LogP contribution < -0.4 is 16.3 Å². The summed E-state index contributed by atoms with van der Waals surface area (Å²) in [5.74, 6) is -0.351. The zero-order chi connectivity index (χ0) is 22.5. The fraction of sp³-hybridized carbons (Fsp3) is 0.0909. The van der Waals surface area contributed by atoms with Crippen molar-refractivity contribution in [2.45, 2.75) is 17.9 Å². The predicted molar refractivity (Wildman–Crippen MR) is 130 cm³/mol. The Kier molecular flexibility index (Phi) is 4.94. The smallest absolute Gasteiger partial charge is 0.284 e. The normalized spacial score (nSPS) is 16.5. The maximum absolute atomic E-state index is 13.6. The van der Waals surface area contributed by atoms with E-state index in [4.69, 9.17) is 0 Å². The molecule has 4 aromatic rings. The highest BCUT2D eigenvalue weighted by Crippen LogP contribution is 2.55. The molecule has 2 aromatic carbocycles. The third-order valence-corrected chi connectivity index (χ3v) is 7.56. The van der Waals surface area contributed by atoms with Crippen molar-refractivity contribution in [2.24, 2.45) is 4.40 Å². The Balaban J connectivity index is 1.67. The summed E-state index contributed by atoms with van der Waals surface area (Å²) in [6.07, 6.45) is 0. The zero-order valence-corrected chi connectivity index (χ0v) is 18.5. The van der Waals surface area contributed by atoms with Crippen molar-refractivity contribution in [3.63, 3.8) is 0 Å². The molecule has 0 aliphatic carbocycles. The molecule has 5 N–H and O–H groups in total. The fourth-order valence-corrected chi connectivity index (χ4v) is 5.68. The van der Waals surface area contributed by atoms with Gasteiger partial charge in [-0.3, -0.25) is 13.9 Å². The lowest BCUT2D eigenvalue weighted by Crippen LogP contribution is -2.36. The Hall–Kier alpha value is -3.31. The van der Waals surface area contributed by atoms with Gasteiger partial charge in [-0.05, 0) is 36.1 Å². The SMILES string of the molecule is CC(Nn1c(=O)c(C2=NS(O)(O)c3ccccc3N2)c(O)c2sccc21)c1ccccc1. The highest BCUT2D eigenvalue weighted by molar-refractivity contribution is 8.23. The third kappa shape index (κ3) is 3.33. The molecular formula is C22H20N4O4S2. The van der Waals surface area contributed by atoms with E-state index < -0.39 is 16.3 Å². The number of hydrogen-bond donors (Lipinski definition) is 5. The molecule has 1 atom stereocenters. The topological polar surface area (TPSA) is 119 Å². The van der Waals surface area contributed by atoms with E-state index in [1.807, 2.05) is 37.3 Å². The number of fused-ring (bicyclic) bond motifs is 2. The van der Waals surface area contributed by atoms with Crippen LogP contribution in [0.25, 0.3) is 10.2 Å². The van der Waals surface area contributed by atoms with Crippen molar-refractivity contribution in [3.8, 4) is 5.75 Å². The second kappa shape index (κ2) is 7.68. The van der Waals surface area contributed by atoms with Crippen LogP contribution in [0, 0.1) is 0 Å². The number of nitrogens with one attached hydrogen (secondary N) is 2. The minimum absolute atomic E-state index is 0.0931. The zero-order valence-electron chi connectivity index (χ0n) is 16.9. The molecule has 8 nitrogen and oxygen atoms in total. The number of aromatic hydroxyl groups is 1. The Morgan fingerprint density at radius 1 is 1.09 bits per heavy atom. The lowest BCUT2D eigenvalue weighted by Gasteiger charge is -2.34. The van der Waals surface area contributed by atoms with Crippen LogP contribution in [0.1, 0.15) is 24.1 Å². The van der Waals surface area contributed by atoms with Gasteiger partial charge in [0.1, 0.15) is 10.5 Å². The van der Waals surface area contributed by atoms with Gasteiger partial charge >= 0.3 is 0 Å². The van der Waals surface area contributed by atoms with Gasteiger partial charge in [-0.1, -0.05) is 53.2 Å². The summed E-state index contributed by atoms with van der Waals surface area (Å²) in [5, 5.41) is 15.7. The van der Waals surface area contributed by atoms with E-state index in [2.05, 4.69) is 15.1 Å². The summed E-state index contributed by atoms with van der Waals surface area (Å²) < 4.78 is 27.0. The average molecular weight is 469 g/mol. The number of hydrogen-bond acceptors (Lipinski definition) is 8. The van der Waals surface area contributed by atoms with Gasteiger partial charge in [0.2, 0.25) is 0 Å². The van der Waals surface area contributed by atoms with Gasteiger partial charge in [-0.2, -0.15) is 0 Å². The minimum Gasteiger partial charge on any atom is -0.505 e. The molecule has 1 unspecified atom stereocenters.